The van der Waals surface area contributed by atoms with E-state index in [1.54, 1.807) is 19.2 Å². The van der Waals surface area contributed by atoms with Crippen molar-refractivity contribution < 1.29 is 18.4 Å². The Morgan fingerprint density at radius 2 is 2.33 bits per heavy atom. The first-order chi connectivity index (χ1) is 10.2. The fourth-order valence-corrected chi connectivity index (χ4v) is 1.70. The number of nitrogens with zero attached hydrogens (tertiary/aromatic N) is 2. The van der Waals surface area contributed by atoms with Crippen molar-refractivity contribution in [3.8, 4) is 11.4 Å². The zero-order valence-corrected chi connectivity index (χ0v) is 11.6. The van der Waals surface area contributed by atoms with Gasteiger partial charge in [0.15, 0.2) is 0 Å². The highest BCUT2D eigenvalue weighted by atomic mass is 19.1. The van der Waals surface area contributed by atoms with E-state index in [4.69, 9.17) is 9.26 Å². The maximum atomic E-state index is 13.1. The molecule has 7 heteroatoms. The molecule has 0 aliphatic carbocycles. The van der Waals surface area contributed by atoms with Crippen molar-refractivity contribution in [3.05, 3.63) is 36.0 Å². The Morgan fingerprint density at radius 1 is 1.48 bits per heavy atom. The summed E-state index contributed by atoms with van der Waals surface area (Å²) in [4.78, 5) is 15.6. The molecule has 1 amide bonds. The summed E-state index contributed by atoms with van der Waals surface area (Å²) in [5.41, 5.74) is 0.537. The van der Waals surface area contributed by atoms with Crippen molar-refractivity contribution in [1.82, 2.24) is 15.5 Å². The van der Waals surface area contributed by atoms with Crippen LogP contribution < -0.4 is 5.32 Å². The van der Waals surface area contributed by atoms with E-state index in [2.05, 4.69) is 15.5 Å². The number of methoxy groups -OCH3 is 1. The Morgan fingerprint density at radius 3 is 3.10 bits per heavy atom. The molecule has 2 rings (SSSR count). The molecule has 0 spiro atoms. The standard InChI is InChI=1S/C14H16FN3O3/c1-20-8-7-16-12(19)5-6-13-17-14(18-21-13)10-3-2-4-11(15)9-10/h2-4,9H,5-8H2,1H3,(H,16,19). The molecule has 1 aromatic heterocycles. The van der Waals surface area contributed by atoms with E-state index in [0.29, 0.717) is 36.9 Å². The zero-order valence-electron chi connectivity index (χ0n) is 11.6. The van der Waals surface area contributed by atoms with E-state index in [0.717, 1.165) is 0 Å². The Bertz CT molecular complexity index is 601. The highest BCUT2D eigenvalue weighted by Gasteiger charge is 2.11. The van der Waals surface area contributed by atoms with E-state index in [9.17, 15) is 9.18 Å². The van der Waals surface area contributed by atoms with Gasteiger partial charge in [0, 0.05) is 32.1 Å². The van der Waals surface area contributed by atoms with Crippen molar-refractivity contribution >= 4 is 5.91 Å². The van der Waals surface area contributed by atoms with Crippen LogP contribution in [0.2, 0.25) is 0 Å². The van der Waals surface area contributed by atoms with Gasteiger partial charge in [-0.15, -0.1) is 0 Å². The largest absolute Gasteiger partial charge is 0.383 e. The summed E-state index contributed by atoms with van der Waals surface area (Å²) in [5, 5.41) is 6.47. The minimum absolute atomic E-state index is 0.113. The number of carbonyl (C=O) groups excluding carboxylic acids is 1. The average molecular weight is 293 g/mol. The summed E-state index contributed by atoms with van der Waals surface area (Å²) in [6.45, 7) is 0.934. The van der Waals surface area contributed by atoms with Gasteiger partial charge in [-0.3, -0.25) is 4.79 Å². The highest BCUT2D eigenvalue weighted by molar-refractivity contribution is 5.76. The van der Waals surface area contributed by atoms with E-state index >= 15 is 0 Å². The molecular formula is C14H16FN3O3. The Labute approximate surface area is 121 Å². The molecule has 0 unspecified atom stereocenters. The van der Waals surface area contributed by atoms with Crippen LogP contribution in [0.3, 0.4) is 0 Å². The lowest BCUT2D eigenvalue weighted by Crippen LogP contribution is -2.27. The number of carbonyl (C=O) groups is 1. The Hall–Kier alpha value is -2.28. The lowest BCUT2D eigenvalue weighted by atomic mass is 10.2. The van der Waals surface area contributed by atoms with Crippen LogP contribution in [-0.2, 0) is 16.0 Å². The maximum absolute atomic E-state index is 13.1. The first kappa shape index (κ1) is 15.1. The first-order valence-electron chi connectivity index (χ1n) is 6.53. The zero-order chi connectivity index (χ0) is 15.1. The average Bonchev–Trinajstić information content (AvgIpc) is 2.94. The van der Waals surface area contributed by atoms with Gasteiger partial charge in [0.2, 0.25) is 17.6 Å². The Balaban J connectivity index is 1.87. The number of amides is 1. The fourth-order valence-electron chi connectivity index (χ4n) is 1.70. The van der Waals surface area contributed by atoms with Gasteiger partial charge in [0.1, 0.15) is 5.82 Å². The van der Waals surface area contributed by atoms with Crippen molar-refractivity contribution in [2.75, 3.05) is 20.3 Å². The van der Waals surface area contributed by atoms with E-state index in [-0.39, 0.29) is 18.1 Å². The quantitative estimate of drug-likeness (QED) is 0.784. The molecule has 1 N–H and O–H groups in total. The molecule has 0 radical (unpaired) electrons. The number of nitrogens with one attached hydrogen (secondary N) is 1. The Kier molecular flexibility index (Phi) is 5.39. The lowest BCUT2D eigenvalue weighted by Gasteiger charge is -2.02. The fraction of sp³-hybridized carbons (Fsp3) is 0.357. The van der Waals surface area contributed by atoms with Gasteiger partial charge >= 0.3 is 0 Å². The molecule has 6 nitrogen and oxygen atoms in total. The molecule has 2 aromatic rings. The summed E-state index contributed by atoms with van der Waals surface area (Å²) < 4.78 is 23.0. The predicted octanol–water partition coefficient (Wildman–Crippen LogP) is 1.57. The second-order valence-corrected chi connectivity index (χ2v) is 4.36. The maximum Gasteiger partial charge on any atom is 0.227 e. The van der Waals surface area contributed by atoms with Crippen LogP contribution in [0, 0.1) is 5.82 Å². The molecule has 0 fully saturated rings. The van der Waals surface area contributed by atoms with Crippen LogP contribution in [0.4, 0.5) is 4.39 Å². The monoisotopic (exact) mass is 293 g/mol. The predicted molar refractivity (Wildman–Crippen MR) is 72.9 cm³/mol. The third kappa shape index (κ3) is 4.64. The number of benzene rings is 1. The van der Waals surface area contributed by atoms with Gasteiger partial charge in [0.05, 0.1) is 6.61 Å². The van der Waals surface area contributed by atoms with Gasteiger partial charge < -0.3 is 14.6 Å². The van der Waals surface area contributed by atoms with Crippen LogP contribution in [0.1, 0.15) is 12.3 Å². The molecule has 112 valence electrons. The molecule has 0 aliphatic heterocycles. The smallest absolute Gasteiger partial charge is 0.227 e. The first-order valence-corrected chi connectivity index (χ1v) is 6.53. The number of halogens is 1. The summed E-state index contributed by atoms with van der Waals surface area (Å²) >= 11 is 0. The molecule has 0 saturated carbocycles. The third-order valence-electron chi connectivity index (χ3n) is 2.75. The van der Waals surface area contributed by atoms with Crippen LogP contribution in [-0.4, -0.2) is 36.3 Å². The van der Waals surface area contributed by atoms with Crippen molar-refractivity contribution in [3.63, 3.8) is 0 Å². The molecule has 21 heavy (non-hydrogen) atoms. The summed E-state index contributed by atoms with van der Waals surface area (Å²) in [5.74, 6) is 0.175. The van der Waals surface area contributed by atoms with Crippen LogP contribution >= 0.6 is 0 Å². The minimum atomic E-state index is -0.364. The number of hydrogen-bond acceptors (Lipinski definition) is 5. The van der Waals surface area contributed by atoms with Gasteiger partial charge in [-0.2, -0.15) is 4.98 Å². The van der Waals surface area contributed by atoms with Gasteiger partial charge in [-0.05, 0) is 12.1 Å². The van der Waals surface area contributed by atoms with Crippen LogP contribution in [0.25, 0.3) is 11.4 Å². The van der Waals surface area contributed by atoms with Crippen LogP contribution in [0.5, 0.6) is 0 Å². The summed E-state index contributed by atoms with van der Waals surface area (Å²) in [7, 11) is 1.57. The van der Waals surface area contributed by atoms with Crippen molar-refractivity contribution in [2.45, 2.75) is 12.8 Å². The number of rotatable bonds is 7. The SMILES string of the molecule is COCCNC(=O)CCc1nc(-c2cccc(F)c2)no1. The van der Waals surface area contributed by atoms with Gasteiger partial charge in [0.25, 0.3) is 0 Å². The molecular weight excluding hydrogens is 277 g/mol. The number of aryl methyl sites for hydroxylation is 1. The molecule has 1 heterocycles. The van der Waals surface area contributed by atoms with Crippen LogP contribution in [0.15, 0.2) is 28.8 Å². The topological polar surface area (TPSA) is 77.2 Å². The molecule has 0 bridgehead atoms. The normalized spacial score (nSPS) is 10.6. The highest BCUT2D eigenvalue weighted by Crippen LogP contribution is 2.17. The number of aromatic nitrogens is 2. The third-order valence-corrected chi connectivity index (χ3v) is 2.75. The second kappa shape index (κ2) is 7.49. The van der Waals surface area contributed by atoms with Gasteiger partial charge in [-0.1, -0.05) is 17.3 Å². The molecule has 0 saturated heterocycles. The van der Waals surface area contributed by atoms with Crippen molar-refractivity contribution in [1.29, 1.82) is 0 Å². The second-order valence-electron chi connectivity index (χ2n) is 4.36. The van der Waals surface area contributed by atoms with E-state index < -0.39 is 0 Å². The number of hydrogen-bond donors (Lipinski definition) is 1. The van der Waals surface area contributed by atoms with Gasteiger partial charge in [-0.25, -0.2) is 4.39 Å². The number of ether oxygens (including phenoxy) is 1. The lowest BCUT2D eigenvalue weighted by molar-refractivity contribution is -0.121. The molecule has 0 atom stereocenters. The summed E-state index contributed by atoms with van der Waals surface area (Å²) in [6, 6.07) is 5.93. The molecule has 0 aliphatic rings. The molecule has 1 aromatic carbocycles. The van der Waals surface area contributed by atoms with E-state index in [1.165, 1.54) is 12.1 Å². The van der Waals surface area contributed by atoms with E-state index in [1.807, 2.05) is 0 Å². The minimum Gasteiger partial charge on any atom is -0.383 e. The summed E-state index contributed by atoms with van der Waals surface area (Å²) in [6.07, 6.45) is 0.579. The van der Waals surface area contributed by atoms with Crippen molar-refractivity contribution in [2.24, 2.45) is 0 Å².